The van der Waals surface area contributed by atoms with Gasteiger partial charge in [0.25, 0.3) is 0 Å². The molecule has 0 aliphatic heterocycles. The number of nitrogens with one attached hydrogen (secondary N) is 1. The van der Waals surface area contributed by atoms with Crippen LogP contribution in [0.3, 0.4) is 0 Å². The van der Waals surface area contributed by atoms with E-state index in [1.807, 2.05) is 6.07 Å². The molecule has 0 atom stereocenters. The molecular formula is C10H11N3S. The van der Waals surface area contributed by atoms with E-state index in [0.29, 0.717) is 0 Å². The van der Waals surface area contributed by atoms with Crippen LogP contribution < -0.4 is 5.32 Å². The topological polar surface area (TPSA) is 37.8 Å². The SMILES string of the molecule is c1cc(NCCc2ccsc2)ncn1. The lowest BCUT2D eigenvalue weighted by Crippen LogP contribution is -2.05. The van der Waals surface area contributed by atoms with Gasteiger partial charge in [0, 0.05) is 12.7 Å². The Morgan fingerprint density at radius 2 is 2.36 bits per heavy atom. The molecule has 2 heterocycles. The van der Waals surface area contributed by atoms with Gasteiger partial charge in [-0.2, -0.15) is 11.3 Å². The van der Waals surface area contributed by atoms with Gasteiger partial charge in [0.1, 0.15) is 12.1 Å². The maximum Gasteiger partial charge on any atom is 0.129 e. The number of aromatic nitrogens is 2. The highest BCUT2D eigenvalue weighted by Gasteiger charge is 1.93. The molecule has 2 aromatic rings. The number of rotatable bonds is 4. The summed E-state index contributed by atoms with van der Waals surface area (Å²) in [5, 5.41) is 7.50. The number of hydrogen-bond donors (Lipinski definition) is 1. The molecule has 72 valence electrons. The summed E-state index contributed by atoms with van der Waals surface area (Å²) in [6, 6.07) is 4.01. The molecule has 0 aliphatic carbocycles. The van der Waals surface area contributed by atoms with Crippen molar-refractivity contribution in [3.05, 3.63) is 41.0 Å². The van der Waals surface area contributed by atoms with Crippen LogP contribution in [-0.2, 0) is 6.42 Å². The highest BCUT2D eigenvalue weighted by molar-refractivity contribution is 7.07. The van der Waals surface area contributed by atoms with E-state index >= 15 is 0 Å². The first-order valence-electron chi connectivity index (χ1n) is 4.46. The predicted octanol–water partition coefficient (Wildman–Crippen LogP) is 2.19. The second-order valence-electron chi connectivity index (χ2n) is 2.90. The molecule has 0 bridgehead atoms. The molecule has 0 amide bonds. The largest absolute Gasteiger partial charge is 0.370 e. The average Bonchev–Trinajstić information content (AvgIpc) is 2.72. The van der Waals surface area contributed by atoms with Crippen LogP contribution in [0.4, 0.5) is 5.82 Å². The number of hydrogen-bond acceptors (Lipinski definition) is 4. The van der Waals surface area contributed by atoms with Crippen molar-refractivity contribution < 1.29 is 0 Å². The third-order valence-electron chi connectivity index (χ3n) is 1.88. The van der Waals surface area contributed by atoms with Crippen molar-refractivity contribution in [1.82, 2.24) is 9.97 Å². The Hall–Kier alpha value is -1.42. The van der Waals surface area contributed by atoms with Gasteiger partial charge in [-0.1, -0.05) is 0 Å². The van der Waals surface area contributed by atoms with E-state index in [2.05, 4.69) is 32.1 Å². The fourth-order valence-corrected chi connectivity index (χ4v) is 1.87. The molecule has 0 aromatic carbocycles. The van der Waals surface area contributed by atoms with Gasteiger partial charge in [-0.3, -0.25) is 0 Å². The van der Waals surface area contributed by atoms with Crippen LogP contribution in [0.2, 0.25) is 0 Å². The van der Waals surface area contributed by atoms with Crippen molar-refractivity contribution in [2.24, 2.45) is 0 Å². The van der Waals surface area contributed by atoms with Gasteiger partial charge >= 0.3 is 0 Å². The molecule has 2 rings (SSSR count). The highest BCUT2D eigenvalue weighted by Crippen LogP contribution is 2.06. The minimum absolute atomic E-state index is 0.884. The van der Waals surface area contributed by atoms with E-state index in [9.17, 15) is 0 Å². The summed E-state index contributed by atoms with van der Waals surface area (Å²) in [4.78, 5) is 7.93. The van der Waals surface area contributed by atoms with Gasteiger partial charge in [-0.05, 0) is 34.9 Å². The van der Waals surface area contributed by atoms with E-state index < -0.39 is 0 Å². The molecule has 0 unspecified atom stereocenters. The fraction of sp³-hybridized carbons (Fsp3) is 0.200. The third-order valence-corrected chi connectivity index (χ3v) is 2.61. The minimum atomic E-state index is 0.884. The molecular weight excluding hydrogens is 194 g/mol. The van der Waals surface area contributed by atoms with Crippen LogP contribution >= 0.6 is 11.3 Å². The third kappa shape index (κ3) is 2.53. The van der Waals surface area contributed by atoms with Crippen LogP contribution in [0.1, 0.15) is 5.56 Å². The molecule has 0 radical (unpaired) electrons. The summed E-state index contributed by atoms with van der Waals surface area (Å²) in [5.74, 6) is 0.884. The summed E-state index contributed by atoms with van der Waals surface area (Å²) in [7, 11) is 0. The van der Waals surface area contributed by atoms with Crippen LogP contribution in [0, 0.1) is 0 Å². The Balaban J connectivity index is 1.79. The summed E-state index contributed by atoms with van der Waals surface area (Å²) in [6.45, 7) is 0.910. The highest BCUT2D eigenvalue weighted by atomic mass is 32.1. The Bertz CT molecular complexity index is 358. The normalized spacial score (nSPS) is 10.0. The van der Waals surface area contributed by atoms with E-state index in [1.165, 1.54) is 5.56 Å². The number of nitrogens with zero attached hydrogens (tertiary/aromatic N) is 2. The van der Waals surface area contributed by atoms with Crippen LogP contribution in [0.25, 0.3) is 0 Å². The quantitative estimate of drug-likeness (QED) is 0.831. The van der Waals surface area contributed by atoms with Crippen molar-refractivity contribution >= 4 is 17.2 Å². The number of anilines is 1. The summed E-state index contributed by atoms with van der Waals surface area (Å²) in [5.41, 5.74) is 1.37. The Labute approximate surface area is 86.8 Å². The van der Waals surface area contributed by atoms with Gasteiger partial charge in [-0.25, -0.2) is 9.97 Å². The summed E-state index contributed by atoms with van der Waals surface area (Å²) < 4.78 is 0. The van der Waals surface area contributed by atoms with Gasteiger partial charge in [0.05, 0.1) is 0 Å². The molecule has 0 saturated carbocycles. The maximum absolute atomic E-state index is 4.08. The van der Waals surface area contributed by atoms with E-state index in [0.717, 1.165) is 18.8 Å². The van der Waals surface area contributed by atoms with Crippen molar-refractivity contribution in [2.75, 3.05) is 11.9 Å². The van der Waals surface area contributed by atoms with Gasteiger partial charge in [0.15, 0.2) is 0 Å². The molecule has 0 spiro atoms. The molecule has 0 aliphatic rings. The Morgan fingerprint density at radius 1 is 1.36 bits per heavy atom. The predicted molar refractivity (Wildman–Crippen MR) is 58.5 cm³/mol. The zero-order valence-corrected chi connectivity index (χ0v) is 8.50. The minimum Gasteiger partial charge on any atom is -0.370 e. The average molecular weight is 205 g/mol. The number of thiophene rings is 1. The van der Waals surface area contributed by atoms with Gasteiger partial charge < -0.3 is 5.32 Å². The Morgan fingerprint density at radius 3 is 3.07 bits per heavy atom. The standard InChI is InChI=1S/C10H11N3S/c1(9-3-6-14-7-9)5-12-10-2-4-11-8-13-10/h2-4,6-8H,1,5H2,(H,11,12,13). The van der Waals surface area contributed by atoms with E-state index in [1.54, 1.807) is 23.9 Å². The summed E-state index contributed by atoms with van der Waals surface area (Å²) >= 11 is 1.73. The molecule has 14 heavy (non-hydrogen) atoms. The lowest BCUT2D eigenvalue weighted by Gasteiger charge is -2.02. The fourth-order valence-electron chi connectivity index (χ4n) is 1.17. The second-order valence-corrected chi connectivity index (χ2v) is 3.68. The van der Waals surface area contributed by atoms with Gasteiger partial charge in [0.2, 0.25) is 0 Å². The van der Waals surface area contributed by atoms with Crippen molar-refractivity contribution in [1.29, 1.82) is 0 Å². The smallest absolute Gasteiger partial charge is 0.129 e. The molecule has 3 nitrogen and oxygen atoms in total. The summed E-state index contributed by atoms with van der Waals surface area (Å²) in [6.07, 6.45) is 4.32. The lowest BCUT2D eigenvalue weighted by atomic mass is 10.2. The molecule has 4 heteroatoms. The van der Waals surface area contributed by atoms with Gasteiger partial charge in [-0.15, -0.1) is 0 Å². The molecule has 1 N–H and O–H groups in total. The monoisotopic (exact) mass is 205 g/mol. The first-order valence-corrected chi connectivity index (χ1v) is 5.40. The van der Waals surface area contributed by atoms with E-state index in [4.69, 9.17) is 0 Å². The van der Waals surface area contributed by atoms with Crippen molar-refractivity contribution in [2.45, 2.75) is 6.42 Å². The van der Waals surface area contributed by atoms with Crippen molar-refractivity contribution in [3.63, 3.8) is 0 Å². The van der Waals surface area contributed by atoms with Crippen molar-refractivity contribution in [3.8, 4) is 0 Å². The van der Waals surface area contributed by atoms with E-state index in [-0.39, 0.29) is 0 Å². The molecule has 0 fully saturated rings. The second kappa shape index (κ2) is 4.72. The zero-order valence-electron chi connectivity index (χ0n) is 7.68. The van der Waals surface area contributed by atoms with Crippen LogP contribution in [0.5, 0.6) is 0 Å². The lowest BCUT2D eigenvalue weighted by molar-refractivity contribution is 1.00. The maximum atomic E-state index is 4.08. The van der Waals surface area contributed by atoms with Crippen LogP contribution in [-0.4, -0.2) is 16.5 Å². The molecule has 2 aromatic heterocycles. The molecule has 0 saturated heterocycles. The first kappa shape index (κ1) is 9.15. The Kier molecular flexibility index (Phi) is 3.08. The van der Waals surface area contributed by atoms with Crippen LogP contribution in [0.15, 0.2) is 35.4 Å². The zero-order chi connectivity index (χ0) is 9.64. The first-order chi connectivity index (χ1) is 6.95.